The van der Waals surface area contributed by atoms with Gasteiger partial charge in [-0.2, -0.15) is 9.57 Å². The number of carbonyl (C=O) groups excluding carboxylic acids is 1. The molecule has 4 aromatic rings. The molecular weight excluding hydrogens is 468 g/mol. The number of benzene rings is 3. The fourth-order valence-corrected chi connectivity index (χ4v) is 5.39. The molecule has 0 saturated heterocycles. The third-order valence-corrected chi connectivity index (χ3v) is 7.53. The minimum atomic E-state index is -3.90. The topological polar surface area (TPSA) is 103 Å². The van der Waals surface area contributed by atoms with Crippen molar-refractivity contribution in [2.45, 2.75) is 11.4 Å². The maximum atomic E-state index is 13.3. The van der Waals surface area contributed by atoms with Crippen molar-refractivity contribution < 1.29 is 13.2 Å². The third-order valence-electron chi connectivity index (χ3n) is 4.96. The van der Waals surface area contributed by atoms with Crippen LogP contribution in [0.4, 0.5) is 5.13 Å². The van der Waals surface area contributed by atoms with Gasteiger partial charge in [-0.3, -0.25) is 4.79 Å². The minimum absolute atomic E-state index is 0.0554. The fraction of sp³-hybridized carbons (Fsp3) is 0.0800. The summed E-state index contributed by atoms with van der Waals surface area (Å²) >= 11 is 1.24. The van der Waals surface area contributed by atoms with Crippen LogP contribution in [-0.2, 0) is 21.4 Å². The van der Waals surface area contributed by atoms with E-state index in [1.54, 1.807) is 47.8 Å². The summed E-state index contributed by atoms with van der Waals surface area (Å²) in [7, 11) is -3.90. The number of hydrogen-bond donors (Lipinski definition) is 1. The molecule has 7 nitrogen and oxygen atoms in total. The van der Waals surface area contributed by atoms with Crippen LogP contribution < -0.4 is 5.32 Å². The molecular formula is C25H20N4O3S2. The molecule has 3 aromatic carbocycles. The Balaban J connectivity index is 1.52. The number of nitrogens with one attached hydrogen (secondary N) is 1. The van der Waals surface area contributed by atoms with Crippen molar-refractivity contribution in [1.82, 2.24) is 9.29 Å². The van der Waals surface area contributed by atoms with E-state index in [1.807, 2.05) is 30.3 Å². The zero-order valence-corrected chi connectivity index (χ0v) is 19.6. The van der Waals surface area contributed by atoms with Crippen LogP contribution in [0, 0.1) is 11.3 Å². The van der Waals surface area contributed by atoms with Gasteiger partial charge in [0.05, 0.1) is 28.8 Å². The van der Waals surface area contributed by atoms with E-state index in [4.69, 9.17) is 5.26 Å². The van der Waals surface area contributed by atoms with E-state index in [2.05, 4.69) is 16.4 Å². The zero-order chi connectivity index (χ0) is 24.0. The molecule has 0 spiro atoms. The first kappa shape index (κ1) is 23.3. The summed E-state index contributed by atoms with van der Waals surface area (Å²) in [5.74, 6) is -0.490. The van der Waals surface area contributed by atoms with Crippen molar-refractivity contribution >= 4 is 32.4 Å². The summed E-state index contributed by atoms with van der Waals surface area (Å²) in [5.41, 5.74) is 2.79. The lowest BCUT2D eigenvalue weighted by atomic mass is 10.1. The Bertz CT molecular complexity index is 1410. The second kappa shape index (κ2) is 10.4. The lowest BCUT2D eigenvalue weighted by Crippen LogP contribution is -2.37. The molecule has 170 valence electrons. The van der Waals surface area contributed by atoms with Crippen molar-refractivity contribution in [3.8, 4) is 17.3 Å². The smallest absolute Gasteiger partial charge is 0.243 e. The Morgan fingerprint density at radius 2 is 1.62 bits per heavy atom. The molecule has 0 bridgehead atoms. The second-order valence-electron chi connectivity index (χ2n) is 7.35. The van der Waals surface area contributed by atoms with Gasteiger partial charge in [0.2, 0.25) is 15.9 Å². The van der Waals surface area contributed by atoms with E-state index in [0.717, 1.165) is 15.4 Å². The van der Waals surface area contributed by atoms with Gasteiger partial charge in [-0.05, 0) is 29.8 Å². The molecule has 0 aliphatic rings. The molecule has 0 aliphatic heterocycles. The van der Waals surface area contributed by atoms with Gasteiger partial charge in [-0.15, -0.1) is 11.3 Å². The minimum Gasteiger partial charge on any atom is -0.301 e. The molecule has 1 amide bonds. The number of hydrogen-bond acceptors (Lipinski definition) is 6. The highest BCUT2D eigenvalue weighted by Gasteiger charge is 2.27. The summed E-state index contributed by atoms with van der Waals surface area (Å²) < 4.78 is 27.7. The van der Waals surface area contributed by atoms with Crippen LogP contribution in [0.1, 0.15) is 11.1 Å². The maximum Gasteiger partial charge on any atom is 0.243 e. The Morgan fingerprint density at radius 3 is 2.26 bits per heavy atom. The molecule has 1 aromatic heterocycles. The van der Waals surface area contributed by atoms with Gasteiger partial charge in [0, 0.05) is 17.5 Å². The van der Waals surface area contributed by atoms with Gasteiger partial charge < -0.3 is 5.32 Å². The van der Waals surface area contributed by atoms with Gasteiger partial charge in [-0.25, -0.2) is 13.4 Å². The largest absolute Gasteiger partial charge is 0.301 e. The summed E-state index contributed by atoms with van der Waals surface area (Å²) in [5, 5.41) is 13.8. The molecule has 0 saturated carbocycles. The second-order valence-corrected chi connectivity index (χ2v) is 10.1. The number of rotatable bonds is 8. The van der Waals surface area contributed by atoms with Crippen molar-refractivity contribution in [1.29, 1.82) is 5.26 Å². The monoisotopic (exact) mass is 488 g/mol. The number of carbonyl (C=O) groups is 1. The van der Waals surface area contributed by atoms with Gasteiger partial charge in [0.25, 0.3) is 0 Å². The normalized spacial score (nSPS) is 11.2. The van der Waals surface area contributed by atoms with E-state index in [0.29, 0.717) is 16.4 Å². The van der Waals surface area contributed by atoms with Crippen molar-refractivity contribution in [3.63, 3.8) is 0 Å². The average molecular weight is 489 g/mol. The molecule has 4 rings (SSSR count). The van der Waals surface area contributed by atoms with Gasteiger partial charge in [-0.1, -0.05) is 60.7 Å². The van der Waals surface area contributed by atoms with Gasteiger partial charge in [0.1, 0.15) is 0 Å². The standard InChI is InChI=1S/C25H20N4O3S2/c26-15-19-11-13-21(14-12-19)23-18-33-25(27-23)28-24(30)17-29(16-20-7-3-1-4-8-20)34(31,32)22-9-5-2-6-10-22/h1-14,18H,16-17H2,(H,27,28,30). The maximum absolute atomic E-state index is 13.3. The molecule has 1 heterocycles. The van der Waals surface area contributed by atoms with E-state index in [-0.39, 0.29) is 18.0 Å². The number of nitriles is 1. The Hall–Kier alpha value is -3.84. The first-order chi connectivity index (χ1) is 16.5. The Kier molecular flexibility index (Phi) is 7.13. The zero-order valence-electron chi connectivity index (χ0n) is 18.0. The van der Waals surface area contributed by atoms with E-state index in [1.165, 1.54) is 23.5 Å². The van der Waals surface area contributed by atoms with Crippen LogP contribution in [0.5, 0.6) is 0 Å². The predicted octanol–water partition coefficient (Wildman–Crippen LogP) is 4.51. The van der Waals surface area contributed by atoms with Crippen molar-refractivity contribution in [3.05, 3.63) is 101 Å². The molecule has 1 N–H and O–H groups in total. The summed E-state index contributed by atoms with van der Waals surface area (Å²) in [6.07, 6.45) is 0. The van der Waals surface area contributed by atoms with Crippen LogP contribution in [0.25, 0.3) is 11.3 Å². The Labute approximate surface area is 202 Å². The molecule has 0 radical (unpaired) electrons. The quantitative estimate of drug-likeness (QED) is 0.393. The van der Waals surface area contributed by atoms with Crippen molar-refractivity contribution in [2.75, 3.05) is 11.9 Å². The SMILES string of the molecule is N#Cc1ccc(-c2csc(NC(=O)CN(Cc3ccccc3)S(=O)(=O)c3ccccc3)n2)cc1. The van der Waals surface area contributed by atoms with Crippen LogP contribution in [0.3, 0.4) is 0 Å². The van der Waals surface area contributed by atoms with Crippen LogP contribution in [0.15, 0.2) is 95.2 Å². The molecule has 9 heteroatoms. The summed E-state index contributed by atoms with van der Waals surface area (Å²) in [6.45, 7) is -0.308. The number of amides is 1. The number of anilines is 1. The fourth-order valence-electron chi connectivity index (χ4n) is 3.25. The van der Waals surface area contributed by atoms with Crippen LogP contribution >= 0.6 is 11.3 Å². The first-order valence-corrected chi connectivity index (χ1v) is 12.6. The highest BCUT2D eigenvalue weighted by atomic mass is 32.2. The predicted molar refractivity (Wildman–Crippen MR) is 131 cm³/mol. The number of sulfonamides is 1. The number of thiazole rings is 1. The van der Waals surface area contributed by atoms with Gasteiger partial charge >= 0.3 is 0 Å². The highest BCUT2D eigenvalue weighted by Crippen LogP contribution is 2.25. The average Bonchev–Trinajstić information content (AvgIpc) is 3.33. The van der Waals surface area contributed by atoms with Gasteiger partial charge in [0.15, 0.2) is 5.13 Å². The summed E-state index contributed by atoms with van der Waals surface area (Å²) in [6, 6.07) is 26.2. The number of nitrogens with zero attached hydrogens (tertiary/aromatic N) is 3. The molecule has 34 heavy (non-hydrogen) atoms. The van der Waals surface area contributed by atoms with Crippen LogP contribution in [0.2, 0.25) is 0 Å². The lowest BCUT2D eigenvalue weighted by molar-refractivity contribution is -0.116. The number of aromatic nitrogens is 1. The molecule has 0 aliphatic carbocycles. The van der Waals surface area contributed by atoms with E-state index < -0.39 is 15.9 Å². The van der Waals surface area contributed by atoms with Crippen LogP contribution in [-0.4, -0.2) is 30.2 Å². The molecule has 0 atom stereocenters. The third kappa shape index (κ3) is 5.55. The van der Waals surface area contributed by atoms with E-state index >= 15 is 0 Å². The van der Waals surface area contributed by atoms with Crippen molar-refractivity contribution in [2.24, 2.45) is 0 Å². The molecule has 0 unspecified atom stereocenters. The Morgan fingerprint density at radius 1 is 0.971 bits per heavy atom. The summed E-state index contributed by atoms with van der Waals surface area (Å²) in [4.78, 5) is 17.4. The first-order valence-electron chi connectivity index (χ1n) is 10.3. The molecule has 0 fully saturated rings. The lowest BCUT2D eigenvalue weighted by Gasteiger charge is -2.21. The van der Waals surface area contributed by atoms with E-state index in [9.17, 15) is 13.2 Å². The highest BCUT2D eigenvalue weighted by molar-refractivity contribution is 7.89.